The second-order valence-corrected chi connectivity index (χ2v) is 3.28. The number of hydrogen-bond acceptors (Lipinski definition) is 4. The molecule has 0 aliphatic heterocycles. The van der Waals surface area contributed by atoms with E-state index >= 15 is 0 Å². The molecule has 78 valence electrons. The Labute approximate surface area is 84.5 Å². The summed E-state index contributed by atoms with van der Waals surface area (Å²) in [5.74, 6) is 1.20. The van der Waals surface area contributed by atoms with Crippen molar-refractivity contribution in [2.24, 2.45) is 0 Å². The summed E-state index contributed by atoms with van der Waals surface area (Å²) in [7, 11) is 0. The van der Waals surface area contributed by atoms with Crippen LogP contribution in [0.25, 0.3) is 0 Å². The largest absolute Gasteiger partial charge is 0.383 e. The maximum Gasteiger partial charge on any atom is 0.159 e. The van der Waals surface area contributed by atoms with Crippen LogP contribution in [0, 0.1) is 13.8 Å². The van der Waals surface area contributed by atoms with Gasteiger partial charge >= 0.3 is 0 Å². The standard InChI is InChI=1S/C10H17N3O/c1-5-14-8(4)10-12-7(3)6(2)9(11)13-10/h8H,5H2,1-4H3,(H2,11,12,13). The van der Waals surface area contributed by atoms with Gasteiger partial charge in [0.2, 0.25) is 0 Å². The molecule has 0 amide bonds. The lowest BCUT2D eigenvalue weighted by molar-refractivity contribution is 0.0700. The first kappa shape index (κ1) is 10.9. The number of hydrogen-bond donors (Lipinski definition) is 1. The molecule has 1 unspecified atom stereocenters. The number of nitrogens with zero attached hydrogens (tertiary/aromatic N) is 2. The fraction of sp³-hybridized carbons (Fsp3) is 0.600. The average molecular weight is 195 g/mol. The van der Waals surface area contributed by atoms with Crippen molar-refractivity contribution in [3.8, 4) is 0 Å². The fourth-order valence-electron chi connectivity index (χ4n) is 1.18. The first-order chi connectivity index (χ1) is 6.56. The van der Waals surface area contributed by atoms with E-state index in [1.807, 2.05) is 27.7 Å². The molecule has 1 rings (SSSR count). The second kappa shape index (κ2) is 4.37. The van der Waals surface area contributed by atoms with Gasteiger partial charge in [-0.1, -0.05) is 0 Å². The van der Waals surface area contributed by atoms with E-state index in [9.17, 15) is 0 Å². The number of rotatable bonds is 3. The molecule has 0 aromatic carbocycles. The Bertz CT molecular complexity index is 302. The first-order valence-corrected chi connectivity index (χ1v) is 4.78. The SMILES string of the molecule is CCOC(C)c1nc(C)c(C)c(N)n1. The van der Waals surface area contributed by atoms with Crippen LogP contribution in [0.5, 0.6) is 0 Å². The third-order valence-corrected chi connectivity index (χ3v) is 2.22. The lowest BCUT2D eigenvalue weighted by Crippen LogP contribution is -2.09. The highest BCUT2D eigenvalue weighted by molar-refractivity contribution is 5.40. The molecule has 1 atom stereocenters. The van der Waals surface area contributed by atoms with Crippen LogP contribution < -0.4 is 5.73 Å². The van der Waals surface area contributed by atoms with E-state index in [1.54, 1.807) is 0 Å². The van der Waals surface area contributed by atoms with E-state index in [4.69, 9.17) is 10.5 Å². The minimum Gasteiger partial charge on any atom is -0.383 e. The Morgan fingerprint density at radius 2 is 2.00 bits per heavy atom. The monoisotopic (exact) mass is 195 g/mol. The summed E-state index contributed by atoms with van der Waals surface area (Å²) in [6.45, 7) is 8.36. The van der Waals surface area contributed by atoms with Gasteiger partial charge in [0.1, 0.15) is 11.9 Å². The average Bonchev–Trinajstić information content (AvgIpc) is 2.13. The summed E-state index contributed by atoms with van der Waals surface area (Å²) in [5, 5.41) is 0. The first-order valence-electron chi connectivity index (χ1n) is 4.78. The van der Waals surface area contributed by atoms with Crippen molar-refractivity contribution in [1.29, 1.82) is 0 Å². The quantitative estimate of drug-likeness (QED) is 0.798. The van der Waals surface area contributed by atoms with E-state index in [2.05, 4.69) is 9.97 Å². The van der Waals surface area contributed by atoms with Gasteiger partial charge in [0.25, 0.3) is 0 Å². The van der Waals surface area contributed by atoms with Crippen LogP contribution in [0.4, 0.5) is 5.82 Å². The van der Waals surface area contributed by atoms with Crippen LogP contribution in [0.3, 0.4) is 0 Å². The van der Waals surface area contributed by atoms with Crippen molar-refractivity contribution in [1.82, 2.24) is 9.97 Å². The van der Waals surface area contributed by atoms with Crippen LogP contribution in [0.1, 0.15) is 37.0 Å². The molecule has 0 saturated heterocycles. The Kier molecular flexibility index (Phi) is 3.41. The zero-order valence-corrected chi connectivity index (χ0v) is 9.16. The Balaban J connectivity index is 3.00. The highest BCUT2D eigenvalue weighted by Crippen LogP contribution is 2.17. The summed E-state index contributed by atoms with van der Waals surface area (Å²) < 4.78 is 5.40. The third kappa shape index (κ3) is 2.20. The number of aryl methyl sites for hydroxylation is 1. The smallest absolute Gasteiger partial charge is 0.159 e. The molecule has 1 aromatic heterocycles. The zero-order chi connectivity index (χ0) is 10.7. The lowest BCUT2D eigenvalue weighted by atomic mass is 10.2. The molecular formula is C10H17N3O. The molecular weight excluding hydrogens is 178 g/mol. The van der Waals surface area contributed by atoms with Gasteiger partial charge in [0.15, 0.2) is 5.82 Å². The molecule has 14 heavy (non-hydrogen) atoms. The van der Waals surface area contributed by atoms with E-state index in [0.29, 0.717) is 18.2 Å². The van der Waals surface area contributed by atoms with Crippen molar-refractivity contribution in [3.63, 3.8) is 0 Å². The molecule has 4 nitrogen and oxygen atoms in total. The van der Waals surface area contributed by atoms with Crippen LogP contribution >= 0.6 is 0 Å². The van der Waals surface area contributed by atoms with E-state index in [-0.39, 0.29) is 6.10 Å². The summed E-state index contributed by atoms with van der Waals surface area (Å²) >= 11 is 0. The molecule has 1 aromatic rings. The minimum absolute atomic E-state index is 0.0957. The van der Waals surface area contributed by atoms with E-state index in [1.165, 1.54) is 0 Å². The number of nitrogens with two attached hydrogens (primary N) is 1. The van der Waals surface area contributed by atoms with Gasteiger partial charge in [-0.05, 0) is 27.7 Å². The van der Waals surface area contributed by atoms with Crippen molar-refractivity contribution in [2.75, 3.05) is 12.3 Å². The molecule has 0 spiro atoms. The van der Waals surface area contributed by atoms with Gasteiger partial charge < -0.3 is 10.5 Å². The fourth-order valence-corrected chi connectivity index (χ4v) is 1.18. The van der Waals surface area contributed by atoms with Crippen molar-refractivity contribution >= 4 is 5.82 Å². The molecule has 0 bridgehead atoms. The number of nitrogen functional groups attached to an aromatic ring is 1. The van der Waals surface area contributed by atoms with Crippen molar-refractivity contribution in [2.45, 2.75) is 33.8 Å². The Morgan fingerprint density at radius 1 is 1.36 bits per heavy atom. The van der Waals surface area contributed by atoms with Gasteiger partial charge in [-0.25, -0.2) is 9.97 Å². The highest BCUT2D eigenvalue weighted by Gasteiger charge is 2.11. The third-order valence-electron chi connectivity index (χ3n) is 2.22. The van der Waals surface area contributed by atoms with E-state index < -0.39 is 0 Å². The van der Waals surface area contributed by atoms with Gasteiger partial charge in [-0.3, -0.25) is 0 Å². The van der Waals surface area contributed by atoms with Crippen LogP contribution in [-0.4, -0.2) is 16.6 Å². The molecule has 0 aliphatic rings. The van der Waals surface area contributed by atoms with E-state index in [0.717, 1.165) is 11.3 Å². The summed E-state index contributed by atoms with van der Waals surface area (Å²) in [6, 6.07) is 0. The molecule has 0 fully saturated rings. The number of anilines is 1. The molecule has 1 heterocycles. The maximum atomic E-state index is 5.75. The molecule has 0 aliphatic carbocycles. The molecule has 0 saturated carbocycles. The molecule has 2 N–H and O–H groups in total. The van der Waals surface area contributed by atoms with Crippen molar-refractivity contribution < 1.29 is 4.74 Å². The van der Waals surface area contributed by atoms with Gasteiger partial charge in [0.05, 0.1) is 0 Å². The summed E-state index contributed by atoms with van der Waals surface area (Å²) in [4.78, 5) is 8.53. The van der Waals surface area contributed by atoms with Crippen LogP contribution in [0.15, 0.2) is 0 Å². The minimum atomic E-state index is -0.0957. The topological polar surface area (TPSA) is 61.0 Å². The van der Waals surface area contributed by atoms with Crippen LogP contribution in [-0.2, 0) is 4.74 Å². The molecule has 4 heteroatoms. The van der Waals surface area contributed by atoms with Crippen molar-refractivity contribution in [3.05, 3.63) is 17.1 Å². The Hall–Kier alpha value is -1.16. The predicted octanol–water partition coefficient (Wildman–Crippen LogP) is 1.77. The second-order valence-electron chi connectivity index (χ2n) is 3.28. The summed E-state index contributed by atoms with van der Waals surface area (Å²) in [6.07, 6.45) is -0.0957. The molecule has 0 radical (unpaired) electrons. The maximum absolute atomic E-state index is 5.75. The Morgan fingerprint density at radius 3 is 2.50 bits per heavy atom. The van der Waals surface area contributed by atoms with Gasteiger partial charge in [0, 0.05) is 17.9 Å². The predicted molar refractivity (Wildman–Crippen MR) is 56.0 cm³/mol. The summed E-state index contributed by atoms with van der Waals surface area (Å²) in [5.41, 5.74) is 7.61. The zero-order valence-electron chi connectivity index (χ0n) is 9.16. The van der Waals surface area contributed by atoms with Gasteiger partial charge in [-0.15, -0.1) is 0 Å². The van der Waals surface area contributed by atoms with Crippen LogP contribution in [0.2, 0.25) is 0 Å². The lowest BCUT2D eigenvalue weighted by Gasteiger charge is -2.12. The number of aromatic nitrogens is 2. The normalized spacial score (nSPS) is 12.9. The number of ether oxygens (including phenoxy) is 1. The van der Waals surface area contributed by atoms with Gasteiger partial charge in [-0.2, -0.15) is 0 Å². The highest BCUT2D eigenvalue weighted by atomic mass is 16.5.